The average Bonchev–Trinajstić information content (AvgIpc) is 2.66. The lowest BCUT2D eigenvalue weighted by Gasteiger charge is -2.35. The Kier molecular flexibility index (Phi) is 4.39. The Morgan fingerprint density at radius 2 is 2.14 bits per heavy atom. The molecule has 2 heteroatoms. The fourth-order valence-corrected chi connectivity index (χ4v) is 1.93. The van der Waals surface area contributed by atoms with E-state index in [0.717, 1.165) is 6.04 Å². The molecule has 84 valence electrons. The predicted molar refractivity (Wildman–Crippen MR) is 62.6 cm³/mol. The van der Waals surface area contributed by atoms with Crippen LogP contribution in [0.25, 0.3) is 0 Å². The van der Waals surface area contributed by atoms with Gasteiger partial charge < -0.3 is 10.2 Å². The summed E-state index contributed by atoms with van der Waals surface area (Å²) < 4.78 is 0. The molecule has 1 N–H and O–H groups in total. The molecule has 0 aliphatic carbocycles. The quantitative estimate of drug-likeness (QED) is 0.729. The van der Waals surface area contributed by atoms with Crippen molar-refractivity contribution in [1.29, 1.82) is 0 Å². The molecule has 0 amide bonds. The van der Waals surface area contributed by atoms with Crippen LogP contribution in [-0.2, 0) is 0 Å². The van der Waals surface area contributed by atoms with E-state index in [-0.39, 0.29) is 0 Å². The Morgan fingerprint density at radius 3 is 2.64 bits per heavy atom. The van der Waals surface area contributed by atoms with E-state index in [4.69, 9.17) is 0 Å². The van der Waals surface area contributed by atoms with Crippen molar-refractivity contribution < 1.29 is 0 Å². The lowest BCUT2D eigenvalue weighted by atomic mass is 9.99. The average molecular weight is 198 g/mol. The van der Waals surface area contributed by atoms with E-state index in [1.54, 1.807) is 0 Å². The molecule has 1 unspecified atom stereocenters. The van der Waals surface area contributed by atoms with Crippen LogP contribution >= 0.6 is 0 Å². The Balaban J connectivity index is 2.22. The summed E-state index contributed by atoms with van der Waals surface area (Å²) in [5, 5.41) is 3.55. The van der Waals surface area contributed by atoms with Crippen LogP contribution in [0.2, 0.25) is 0 Å². The van der Waals surface area contributed by atoms with Gasteiger partial charge in [0.2, 0.25) is 0 Å². The molecular formula is C12H26N2. The molecule has 0 aromatic carbocycles. The second-order valence-corrected chi connectivity index (χ2v) is 5.17. The molecule has 1 saturated heterocycles. The molecule has 0 aromatic rings. The first-order chi connectivity index (χ1) is 6.56. The van der Waals surface area contributed by atoms with Crippen LogP contribution in [-0.4, -0.2) is 36.6 Å². The fourth-order valence-electron chi connectivity index (χ4n) is 1.93. The third-order valence-corrected chi connectivity index (χ3v) is 3.87. The standard InChI is InChI=1S/C12H26N2/c1-5-12(2,3)14(4)10-8-11-7-6-9-13-11/h11,13H,5-10H2,1-4H3. The van der Waals surface area contributed by atoms with Crippen molar-refractivity contribution in [3.63, 3.8) is 0 Å². The van der Waals surface area contributed by atoms with Gasteiger partial charge in [0.25, 0.3) is 0 Å². The van der Waals surface area contributed by atoms with Gasteiger partial charge in [-0.25, -0.2) is 0 Å². The third kappa shape index (κ3) is 3.25. The zero-order chi connectivity index (χ0) is 10.6. The van der Waals surface area contributed by atoms with Crippen molar-refractivity contribution in [2.45, 2.75) is 58.0 Å². The van der Waals surface area contributed by atoms with Crippen molar-refractivity contribution in [2.24, 2.45) is 0 Å². The summed E-state index contributed by atoms with van der Waals surface area (Å²) in [5.74, 6) is 0. The van der Waals surface area contributed by atoms with Crippen molar-refractivity contribution in [3.05, 3.63) is 0 Å². The van der Waals surface area contributed by atoms with Crippen LogP contribution in [0.4, 0.5) is 0 Å². The van der Waals surface area contributed by atoms with Crippen molar-refractivity contribution >= 4 is 0 Å². The molecule has 0 radical (unpaired) electrons. The molecular weight excluding hydrogens is 172 g/mol. The second-order valence-electron chi connectivity index (χ2n) is 5.17. The van der Waals surface area contributed by atoms with Crippen LogP contribution in [0.3, 0.4) is 0 Å². The Morgan fingerprint density at radius 1 is 1.43 bits per heavy atom. The number of rotatable bonds is 5. The van der Waals surface area contributed by atoms with Crippen molar-refractivity contribution in [2.75, 3.05) is 20.1 Å². The van der Waals surface area contributed by atoms with Crippen LogP contribution in [0.5, 0.6) is 0 Å². The van der Waals surface area contributed by atoms with E-state index in [2.05, 4.69) is 38.0 Å². The number of nitrogens with one attached hydrogen (secondary N) is 1. The van der Waals surface area contributed by atoms with E-state index in [0.29, 0.717) is 5.54 Å². The minimum Gasteiger partial charge on any atom is -0.314 e. The second kappa shape index (κ2) is 5.13. The Hall–Kier alpha value is -0.0800. The zero-order valence-electron chi connectivity index (χ0n) is 10.3. The maximum Gasteiger partial charge on any atom is 0.0147 e. The minimum absolute atomic E-state index is 0.360. The molecule has 1 fully saturated rings. The highest BCUT2D eigenvalue weighted by Crippen LogP contribution is 2.18. The smallest absolute Gasteiger partial charge is 0.0147 e. The van der Waals surface area contributed by atoms with E-state index in [9.17, 15) is 0 Å². The van der Waals surface area contributed by atoms with Crippen LogP contribution < -0.4 is 5.32 Å². The molecule has 1 heterocycles. The van der Waals surface area contributed by atoms with Crippen LogP contribution in [0.1, 0.15) is 46.5 Å². The molecule has 1 aliphatic heterocycles. The summed E-state index contributed by atoms with van der Waals surface area (Å²) in [4.78, 5) is 2.49. The lowest BCUT2D eigenvalue weighted by molar-refractivity contribution is 0.145. The molecule has 1 rings (SSSR count). The molecule has 0 saturated carbocycles. The Labute approximate surface area is 89.1 Å². The summed E-state index contributed by atoms with van der Waals surface area (Å²) in [7, 11) is 2.25. The molecule has 2 nitrogen and oxygen atoms in total. The van der Waals surface area contributed by atoms with E-state index >= 15 is 0 Å². The SMILES string of the molecule is CCC(C)(C)N(C)CCC1CCCN1. The number of hydrogen-bond acceptors (Lipinski definition) is 2. The Bertz CT molecular complexity index is 160. The van der Waals surface area contributed by atoms with Crippen LogP contribution in [0, 0.1) is 0 Å². The summed E-state index contributed by atoms with van der Waals surface area (Å²) in [5.41, 5.74) is 0.360. The fraction of sp³-hybridized carbons (Fsp3) is 1.00. The van der Waals surface area contributed by atoms with Crippen molar-refractivity contribution in [3.8, 4) is 0 Å². The summed E-state index contributed by atoms with van der Waals surface area (Å²) in [6.07, 6.45) is 5.27. The topological polar surface area (TPSA) is 15.3 Å². The van der Waals surface area contributed by atoms with Crippen LogP contribution in [0.15, 0.2) is 0 Å². The summed E-state index contributed by atoms with van der Waals surface area (Å²) in [6.45, 7) is 9.37. The molecule has 1 aliphatic rings. The highest BCUT2D eigenvalue weighted by Gasteiger charge is 2.22. The van der Waals surface area contributed by atoms with Gasteiger partial charge >= 0.3 is 0 Å². The van der Waals surface area contributed by atoms with Crippen molar-refractivity contribution in [1.82, 2.24) is 10.2 Å². The number of hydrogen-bond donors (Lipinski definition) is 1. The van der Waals surface area contributed by atoms with Gasteiger partial charge in [-0.05, 0) is 59.7 Å². The largest absolute Gasteiger partial charge is 0.314 e. The van der Waals surface area contributed by atoms with Gasteiger partial charge in [-0.1, -0.05) is 6.92 Å². The molecule has 14 heavy (non-hydrogen) atoms. The van der Waals surface area contributed by atoms with E-state index < -0.39 is 0 Å². The normalized spacial score (nSPS) is 23.4. The molecule has 0 bridgehead atoms. The zero-order valence-corrected chi connectivity index (χ0v) is 10.3. The van der Waals surface area contributed by atoms with Gasteiger partial charge in [0.15, 0.2) is 0 Å². The minimum atomic E-state index is 0.360. The van der Waals surface area contributed by atoms with Gasteiger partial charge in [0, 0.05) is 11.6 Å². The maximum atomic E-state index is 3.55. The predicted octanol–water partition coefficient (Wildman–Crippen LogP) is 2.25. The highest BCUT2D eigenvalue weighted by atomic mass is 15.2. The van der Waals surface area contributed by atoms with E-state index in [1.165, 1.54) is 38.8 Å². The first-order valence-electron chi connectivity index (χ1n) is 6.01. The molecule has 0 aromatic heterocycles. The van der Waals surface area contributed by atoms with Gasteiger partial charge in [0.1, 0.15) is 0 Å². The van der Waals surface area contributed by atoms with Gasteiger partial charge in [-0.3, -0.25) is 0 Å². The maximum absolute atomic E-state index is 3.55. The van der Waals surface area contributed by atoms with Gasteiger partial charge in [0.05, 0.1) is 0 Å². The third-order valence-electron chi connectivity index (χ3n) is 3.87. The number of nitrogens with zero attached hydrogens (tertiary/aromatic N) is 1. The lowest BCUT2D eigenvalue weighted by Crippen LogP contribution is -2.42. The summed E-state index contributed by atoms with van der Waals surface area (Å²) >= 11 is 0. The summed E-state index contributed by atoms with van der Waals surface area (Å²) in [6, 6.07) is 0.783. The first-order valence-corrected chi connectivity index (χ1v) is 6.01. The highest BCUT2D eigenvalue weighted by molar-refractivity contribution is 4.80. The van der Waals surface area contributed by atoms with Gasteiger partial charge in [-0.2, -0.15) is 0 Å². The molecule has 0 spiro atoms. The van der Waals surface area contributed by atoms with Gasteiger partial charge in [-0.15, -0.1) is 0 Å². The molecule has 1 atom stereocenters. The first kappa shape index (κ1) is 12.0. The monoisotopic (exact) mass is 198 g/mol. The van der Waals surface area contributed by atoms with E-state index in [1.807, 2.05) is 0 Å².